The third-order valence-electron chi connectivity index (χ3n) is 3.27. The van der Waals surface area contributed by atoms with Gasteiger partial charge in [0.1, 0.15) is 0 Å². The number of nitrogens with zero attached hydrogens (tertiary/aromatic N) is 1. The number of nitrogens with one attached hydrogen (secondary N) is 1. The summed E-state index contributed by atoms with van der Waals surface area (Å²) in [6.07, 6.45) is 6.84. The number of hydrogen-bond donors (Lipinski definition) is 2. The largest absolute Gasteiger partial charge is 0.494 e. The lowest BCUT2D eigenvalue weighted by Gasteiger charge is -2.00. The third-order valence-corrected chi connectivity index (χ3v) is 3.27. The van der Waals surface area contributed by atoms with Crippen molar-refractivity contribution in [3.8, 4) is 5.88 Å². The molecule has 4 heteroatoms. The minimum absolute atomic E-state index is 0.0676. The molecule has 1 aromatic heterocycles. The Morgan fingerprint density at radius 3 is 2.25 bits per heavy atom. The van der Waals surface area contributed by atoms with E-state index >= 15 is 0 Å². The fraction of sp³-hybridized carbons (Fsp3) is 0.125. The van der Waals surface area contributed by atoms with Crippen LogP contribution in [0.3, 0.4) is 0 Å². The molecule has 0 fully saturated rings. The van der Waals surface area contributed by atoms with Gasteiger partial charge >= 0.3 is 0 Å². The van der Waals surface area contributed by atoms with Crippen LogP contribution in [0.5, 0.6) is 5.88 Å². The molecule has 0 unspecified atom stereocenters. The fourth-order valence-electron chi connectivity index (χ4n) is 2.29. The Balaban J connectivity index is 2.71. The molecule has 1 aliphatic rings. The fourth-order valence-corrected chi connectivity index (χ4v) is 2.29. The zero-order valence-corrected chi connectivity index (χ0v) is 11.5. The van der Waals surface area contributed by atoms with Gasteiger partial charge in [-0.3, -0.25) is 4.79 Å². The lowest BCUT2D eigenvalue weighted by Crippen LogP contribution is -1.99. The van der Waals surface area contributed by atoms with E-state index in [1.54, 1.807) is 18.2 Å². The van der Waals surface area contributed by atoms with Crippen molar-refractivity contribution < 1.29 is 9.90 Å². The predicted octanol–water partition coefficient (Wildman–Crippen LogP) is 3.38. The monoisotopic (exact) mass is 268 g/mol. The van der Waals surface area contributed by atoms with Gasteiger partial charge in [-0.1, -0.05) is 37.5 Å². The first-order valence-corrected chi connectivity index (χ1v) is 6.25. The van der Waals surface area contributed by atoms with Crippen molar-refractivity contribution in [1.29, 1.82) is 0 Å². The lowest BCUT2D eigenvalue weighted by molar-refractivity contribution is 0.101. The topological polar surface area (TPSA) is 65.5 Å². The van der Waals surface area contributed by atoms with Gasteiger partial charge in [-0.25, -0.2) is 4.99 Å². The molecule has 0 saturated carbocycles. The van der Waals surface area contributed by atoms with Crippen LogP contribution < -0.4 is 0 Å². The predicted molar refractivity (Wildman–Crippen MR) is 81.1 cm³/mol. The Bertz CT molecular complexity index is 700. The summed E-state index contributed by atoms with van der Waals surface area (Å²) in [5, 5.41) is 10.1. The van der Waals surface area contributed by atoms with E-state index in [1.165, 1.54) is 0 Å². The van der Waals surface area contributed by atoms with E-state index in [4.69, 9.17) is 0 Å². The number of allylic oxidation sites excluding steroid dienone is 6. The Hall–Kier alpha value is -2.62. The van der Waals surface area contributed by atoms with Crippen molar-refractivity contribution in [3.63, 3.8) is 0 Å². The van der Waals surface area contributed by atoms with E-state index < -0.39 is 0 Å². The Kier molecular flexibility index (Phi) is 3.57. The van der Waals surface area contributed by atoms with Gasteiger partial charge in [0, 0.05) is 0 Å². The molecule has 1 aliphatic heterocycles. The minimum atomic E-state index is -0.371. The summed E-state index contributed by atoms with van der Waals surface area (Å²) in [5.41, 5.74) is 3.25. The SMILES string of the molecule is C=C/C(=C\C)C1=NC(=O)c2c(/C(C=C)=C/C)[nH]c(O)c21. The first-order valence-electron chi connectivity index (χ1n) is 6.25. The van der Waals surface area contributed by atoms with Gasteiger partial charge in [0.05, 0.1) is 22.5 Å². The molecule has 2 rings (SSSR count). The van der Waals surface area contributed by atoms with E-state index in [0.717, 1.165) is 5.57 Å². The second-order valence-corrected chi connectivity index (χ2v) is 4.26. The summed E-state index contributed by atoms with van der Waals surface area (Å²) in [6.45, 7) is 11.1. The van der Waals surface area contributed by atoms with Crippen LogP contribution in [0.4, 0.5) is 0 Å². The van der Waals surface area contributed by atoms with E-state index in [2.05, 4.69) is 23.1 Å². The van der Waals surface area contributed by atoms with Gasteiger partial charge in [-0.05, 0) is 25.0 Å². The average Bonchev–Trinajstić information content (AvgIpc) is 2.94. The van der Waals surface area contributed by atoms with Crippen molar-refractivity contribution in [2.75, 3.05) is 0 Å². The van der Waals surface area contributed by atoms with Crippen LogP contribution in [0.1, 0.15) is 35.5 Å². The lowest BCUT2D eigenvalue weighted by atomic mass is 10.00. The quantitative estimate of drug-likeness (QED) is 0.822. The number of H-pyrrole nitrogens is 1. The second kappa shape index (κ2) is 5.17. The molecule has 1 aromatic rings. The zero-order valence-electron chi connectivity index (χ0n) is 11.5. The van der Waals surface area contributed by atoms with Crippen molar-refractivity contribution in [3.05, 3.63) is 59.9 Å². The summed E-state index contributed by atoms with van der Waals surface area (Å²) in [7, 11) is 0. The molecule has 20 heavy (non-hydrogen) atoms. The molecule has 2 heterocycles. The maximum absolute atomic E-state index is 12.1. The normalized spacial score (nSPS) is 15.1. The average molecular weight is 268 g/mol. The van der Waals surface area contributed by atoms with Crippen LogP contribution in [0.15, 0.2) is 48.0 Å². The highest BCUT2D eigenvalue weighted by Gasteiger charge is 2.33. The van der Waals surface area contributed by atoms with Crippen LogP contribution in [-0.2, 0) is 0 Å². The Morgan fingerprint density at radius 2 is 1.75 bits per heavy atom. The molecule has 0 spiro atoms. The van der Waals surface area contributed by atoms with Crippen molar-refractivity contribution >= 4 is 17.2 Å². The molecule has 0 bridgehead atoms. The van der Waals surface area contributed by atoms with Gasteiger partial charge in [0.2, 0.25) is 0 Å². The molecule has 102 valence electrons. The van der Waals surface area contributed by atoms with Crippen LogP contribution in [0, 0.1) is 0 Å². The molecule has 0 atom stereocenters. The number of carbonyl (C=O) groups is 1. The van der Waals surface area contributed by atoms with Crippen LogP contribution in [0.25, 0.3) is 5.57 Å². The minimum Gasteiger partial charge on any atom is -0.494 e. The van der Waals surface area contributed by atoms with Crippen LogP contribution in [0.2, 0.25) is 0 Å². The maximum atomic E-state index is 12.1. The summed E-state index contributed by atoms with van der Waals surface area (Å²) in [5.74, 6) is -0.439. The van der Waals surface area contributed by atoms with Crippen LogP contribution >= 0.6 is 0 Å². The smallest absolute Gasteiger partial charge is 0.280 e. The Morgan fingerprint density at radius 1 is 1.15 bits per heavy atom. The number of aromatic hydroxyl groups is 1. The molecular formula is C16H16N2O2. The number of aliphatic imine (C=N–C) groups is 1. The first kappa shape index (κ1) is 13.8. The molecule has 0 aliphatic carbocycles. The molecule has 0 aromatic carbocycles. The number of rotatable bonds is 4. The summed E-state index contributed by atoms with van der Waals surface area (Å²) in [6, 6.07) is 0. The second-order valence-electron chi connectivity index (χ2n) is 4.26. The van der Waals surface area contributed by atoms with Gasteiger partial charge < -0.3 is 10.1 Å². The van der Waals surface area contributed by atoms with E-state index in [1.807, 2.05) is 19.9 Å². The molecule has 1 amide bonds. The number of aromatic nitrogens is 1. The molecule has 2 N–H and O–H groups in total. The molecule has 4 nitrogen and oxygen atoms in total. The number of hydrogen-bond acceptors (Lipinski definition) is 2. The standard InChI is InChI=1S/C16H16N2O2/c1-5-9(6-2)13-11-12(16(20)17-13)14(18-15(11)19)10(7-3)8-4/h5-8,17,20H,1,3H2,2,4H3/b9-6+,10-8+. The Labute approximate surface area is 117 Å². The van der Waals surface area contributed by atoms with Crippen LogP contribution in [-0.4, -0.2) is 21.7 Å². The van der Waals surface area contributed by atoms with E-state index in [9.17, 15) is 9.90 Å². The van der Waals surface area contributed by atoms with E-state index in [0.29, 0.717) is 28.1 Å². The highest BCUT2D eigenvalue weighted by Crippen LogP contribution is 2.36. The number of amides is 1. The molecule has 0 radical (unpaired) electrons. The molecular weight excluding hydrogens is 252 g/mol. The van der Waals surface area contributed by atoms with Gasteiger partial charge in [-0.15, -0.1) is 0 Å². The van der Waals surface area contributed by atoms with Gasteiger partial charge in [0.25, 0.3) is 5.91 Å². The maximum Gasteiger partial charge on any atom is 0.280 e. The first-order chi connectivity index (χ1) is 9.58. The van der Waals surface area contributed by atoms with Crippen molar-refractivity contribution in [1.82, 2.24) is 4.98 Å². The van der Waals surface area contributed by atoms with Gasteiger partial charge in [-0.2, -0.15) is 0 Å². The highest BCUT2D eigenvalue weighted by molar-refractivity contribution is 6.30. The summed E-state index contributed by atoms with van der Waals surface area (Å²) in [4.78, 5) is 19.0. The van der Waals surface area contributed by atoms with Crippen molar-refractivity contribution in [2.24, 2.45) is 4.99 Å². The number of fused-ring (bicyclic) bond motifs is 1. The molecule has 0 saturated heterocycles. The van der Waals surface area contributed by atoms with Crippen molar-refractivity contribution in [2.45, 2.75) is 13.8 Å². The number of aromatic amines is 1. The summed E-state index contributed by atoms with van der Waals surface area (Å²) >= 11 is 0. The van der Waals surface area contributed by atoms with Gasteiger partial charge in [0.15, 0.2) is 5.88 Å². The zero-order chi connectivity index (χ0) is 14.9. The van der Waals surface area contributed by atoms with E-state index in [-0.39, 0.29) is 11.8 Å². The highest BCUT2D eigenvalue weighted by atomic mass is 16.3. The summed E-state index contributed by atoms with van der Waals surface area (Å²) < 4.78 is 0. The number of carbonyl (C=O) groups excluding carboxylic acids is 1. The third kappa shape index (κ3) is 1.86.